The van der Waals surface area contributed by atoms with E-state index < -0.39 is 0 Å². The van der Waals surface area contributed by atoms with E-state index in [1.165, 1.54) is 13.1 Å². The molecule has 1 atom stereocenters. The number of thiophene rings is 1. The topological polar surface area (TPSA) is 99.9 Å². The van der Waals surface area contributed by atoms with Crippen LogP contribution in [0.1, 0.15) is 35.4 Å². The maximum atomic E-state index is 11.5. The molecule has 9 heteroatoms. The standard InChI is InChI=1S/C24H25ClN6OS/c1-15(29-16(2)32)12-18(8-9-26)21-13-20(23(33-21)24-27-14-28-30-24)22(31-10-3-11-31)17-4-6-19(25)7-5-17/h4-9,12-14,22H,1,3,10-11,26H2,2H3,(H,29,32)(H,27,28,30)/b9-8-,18-12+/t22-/m1/s1. The molecule has 0 bridgehead atoms. The second kappa shape index (κ2) is 10.2. The molecule has 3 aromatic rings. The second-order valence-electron chi connectivity index (χ2n) is 7.74. The van der Waals surface area contributed by atoms with Crippen LogP contribution in [0.3, 0.4) is 0 Å². The number of hydrogen-bond acceptors (Lipinski definition) is 6. The van der Waals surface area contributed by atoms with E-state index in [0.29, 0.717) is 16.5 Å². The van der Waals surface area contributed by atoms with Gasteiger partial charge in [0.05, 0.1) is 10.9 Å². The van der Waals surface area contributed by atoms with Crippen molar-refractivity contribution in [2.24, 2.45) is 5.73 Å². The molecule has 0 spiro atoms. The van der Waals surface area contributed by atoms with E-state index in [1.807, 2.05) is 18.2 Å². The number of amides is 1. The van der Waals surface area contributed by atoms with Crippen LogP contribution in [-0.2, 0) is 4.79 Å². The predicted molar refractivity (Wildman–Crippen MR) is 133 cm³/mol. The second-order valence-corrected chi connectivity index (χ2v) is 9.23. The van der Waals surface area contributed by atoms with Gasteiger partial charge in [0.25, 0.3) is 0 Å². The fourth-order valence-electron chi connectivity index (χ4n) is 3.84. The molecule has 0 aliphatic carbocycles. The number of nitrogens with one attached hydrogen (secondary N) is 2. The molecular formula is C24H25ClN6OS. The number of benzene rings is 1. The molecule has 33 heavy (non-hydrogen) atoms. The lowest BCUT2D eigenvalue weighted by Gasteiger charge is -2.39. The molecule has 1 saturated heterocycles. The Morgan fingerprint density at radius 1 is 1.36 bits per heavy atom. The molecule has 4 N–H and O–H groups in total. The zero-order valence-electron chi connectivity index (χ0n) is 18.2. The van der Waals surface area contributed by atoms with Gasteiger partial charge in [-0.3, -0.25) is 9.69 Å². The van der Waals surface area contributed by atoms with Gasteiger partial charge in [-0.2, -0.15) is 0 Å². The van der Waals surface area contributed by atoms with E-state index >= 15 is 0 Å². The molecule has 2 aromatic heterocycles. The third-order valence-corrected chi connectivity index (χ3v) is 6.81. The highest BCUT2D eigenvalue weighted by Gasteiger charge is 2.31. The third kappa shape index (κ3) is 5.24. The van der Waals surface area contributed by atoms with Crippen molar-refractivity contribution < 1.29 is 4.79 Å². The summed E-state index contributed by atoms with van der Waals surface area (Å²) in [5, 5.41) is 11.7. The number of carbonyl (C=O) groups excluding carboxylic acids is 1. The summed E-state index contributed by atoms with van der Waals surface area (Å²) in [7, 11) is 0. The van der Waals surface area contributed by atoms with Gasteiger partial charge in [-0.15, -0.1) is 21.5 Å². The predicted octanol–water partition coefficient (Wildman–Crippen LogP) is 4.49. The van der Waals surface area contributed by atoms with Crippen molar-refractivity contribution in [3.63, 3.8) is 0 Å². The SMILES string of the molecule is C=C(/C=C(\C=C/N)c1cc([C@@H](c2ccc(Cl)cc2)N2CCC2)c(-c2nnc[nH]2)s1)NC(C)=O. The molecule has 1 aliphatic heterocycles. The Hall–Kier alpha value is -3.20. The van der Waals surface area contributed by atoms with Gasteiger partial charge in [0, 0.05) is 35.6 Å². The highest BCUT2D eigenvalue weighted by Crippen LogP contribution is 2.43. The molecule has 4 rings (SSSR count). The Morgan fingerprint density at radius 2 is 2.12 bits per heavy atom. The summed E-state index contributed by atoms with van der Waals surface area (Å²) in [5.74, 6) is 0.527. The third-order valence-electron chi connectivity index (χ3n) is 5.36. The van der Waals surface area contributed by atoms with Crippen molar-refractivity contribution in [3.8, 4) is 10.7 Å². The molecule has 0 saturated carbocycles. The van der Waals surface area contributed by atoms with E-state index in [1.54, 1.807) is 23.7 Å². The van der Waals surface area contributed by atoms with Crippen LogP contribution in [-0.4, -0.2) is 39.1 Å². The Bertz CT molecular complexity index is 1190. The summed E-state index contributed by atoms with van der Waals surface area (Å²) in [5.41, 5.74) is 9.35. The van der Waals surface area contributed by atoms with Gasteiger partial charge in [-0.05, 0) is 59.7 Å². The van der Waals surface area contributed by atoms with E-state index in [-0.39, 0.29) is 11.9 Å². The van der Waals surface area contributed by atoms with Gasteiger partial charge in [-0.1, -0.05) is 30.3 Å². The number of hydrogen-bond donors (Lipinski definition) is 3. The van der Waals surface area contributed by atoms with Gasteiger partial charge < -0.3 is 16.0 Å². The summed E-state index contributed by atoms with van der Waals surface area (Å²) < 4.78 is 0. The molecule has 0 unspecified atom stereocenters. The van der Waals surface area contributed by atoms with Crippen molar-refractivity contribution >= 4 is 34.4 Å². The molecule has 170 valence electrons. The average Bonchev–Trinajstić information content (AvgIpc) is 3.40. The molecular weight excluding hydrogens is 456 g/mol. The zero-order chi connectivity index (χ0) is 23.4. The number of allylic oxidation sites excluding steroid dienone is 3. The van der Waals surface area contributed by atoms with Crippen LogP contribution in [0, 0.1) is 0 Å². The summed E-state index contributed by atoms with van der Waals surface area (Å²) in [4.78, 5) is 19.0. The summed E-state index contributed by atoms with van der Waals surface area (Å²) in [6, 6.07) is 10.2. The molecule has 7 nitrogen and oxygen atoms in total. The normalized spacial score (nSPS) is 15.4. The Kier molecular flexibility index (Phi) is 7.08. The molecule has 1 fully saturated rings. The number of aromatic amines is 1. The first kappa shape index (κ1) is 23.0. The number of nitrogens with zero attached hydrogens (tertiary/aromatic N) is 3. The Balaban J connectivity index is 1.84. The molecule has 3 heterocycles. The highest BCUT2D eigenvalue weighted by molar-refractivity contribution is 7.16. The fourth-order valence-corrected chi connectivity index (χ4v) is 5.10. The number of aromatic nitrogens is 3. The smallest absolute Gasteiger partial charge is 0.221 e. The van der Waals surface area contributed by atoms with Crippen LogP contribution in [0.2, 0.25) is 5.02 Å². The molecule has 1 amide bonds. The quantitative estimate of drug-likeness (QED) is 0.412. The van der Waals surface area contributed by atoms with Crippen molar-refractivity contribution in [2.45, 2.75) is 19.4 Å². The summed E-state index contributed by atoms with van der Waals surface area (Å²) in [6.07, 6.45) is 7.83. The summed E-state index contributed by atoms with van der Waals surface area (Å²) >= 11 is 7.76. The minimum atomic E-state index is -0.179. The average molecular weight is 481 g/mol. The maximum absolute atomic E-state index is 11.5. The minimum Gasteiger partial charge on any atom is -0.405 e. The van der Waals surface area contributed by atoms with Crippen molar-refractivity contribution in [3.05, 3.63) is 88.3 Å². The van der Waals surface area contributed by atoms with E-state index in [9.17, 15) is 4.79 Å². The van der Waals surface area contributed by atoms with Gasteiger partial charge >= 0.3 is 0 Å². The number of rotatable bonds is 8. The van der Waals surface area contributed by atoms with Gasteiger partial charge in [-0.25, -0.2) is 0 Å². The molecule has 1 aliphatic rings. The highest BCUT2D eigenvalue weighted by atomic mass is 35.5. The van der Waals surface area contributed by atoms with Crippen molar-refractivity contribution in [1.29, 1.82) is 0 Å². The summed E-state index contributed by atoms with van der Waals surface area (Å²) in [6.45, 7) is 7.41. The van der Waals surface area contributed by atoms with E-state index in [0.717, 1.165) is 46.0 Å². The van der Waals surface area contributed by atoms with E-state index in [4.69, 9.17) is 17.3 Å². The van der Waals surface area contributed by atoms with Gasteiger partial charge in [0.15, 0.2) is 5.82 Å². The Labute approximate surface area is 201 Å². The number of carbonyl (C=O) groups is 1. The number of H-pyrrole nitrogens is 1. The molecule has 1 aromatic carbocycles. The first-order valence-corrected chi connectivity index (χ1v) is 11.7. The largest absolute Gasteiger partial charge is 0.405 e. The first-order chi connectivity index (χ1) is 16.0. The maximum Gasteiger partial charge on any atom is 0.221 e. The van der Waals surface area contributed by atoms with Crippen LogP contribution < -0.4 is 11.1 Å². The number of nitrogens with two attached hydrogens (primary N) is 1. The van der Waals surface area contributed by atoms with Crippen LogP contribution in [0.4, 0.5) is 0 Å². The zero-order valence-corrected chi connectivity index (χ0v) is 19.8. The van der Waals surface area contributed by atoms with Gasteiger partial charge in [0.1, 0.15) is 6.33 Å². The lowest BCUT2D eigenvalue weighted by Crippen LogP contribution is -2.40. The first-order valence-electron chi connectivity index (χ1n) is 10.5. The number of likely N-dealkylation sites (tertiary alicyclic amines) is 1. The van der Waals surface area contributed by atoms with Crippen LogP contribution >= 0.6 is 22.9 Å². The lowest BCUT2D eigenvalue weighted by molar-refractivity contribution is -0.118. The van der Waals surface area contributed by atoms with Crippen LogP contribution in [0.5, 0.6) is 0 Å². The number of halogens is 1. The molecule has 0 radical (unpaired) electrons. The fraction of sp³-hybridized carbons (Fsp3) is 0.208. The minimum absolute atomic E-state index is 0.0442. The monoisotopic (exact) mass is 480 g/mol. The van der Waals surface area contributed by atoms with Gasteiger partial charge in [0.2, 0.25) is 5.91 Å². The van der Waals surface area contributed by atoms with Crippen molar-refractivity contribution in [1.82, 2.24) is 25.4 Å². The van der Waals surface area contributed by atoms with E-state index in [2.05, 4.69) is 50.2 Å². The lowest BCUT2D eigenvalue weighted by atomic mass is 9.94. The Morgan fingerprint density at radius 3 is 2.70 bits per heavy atom. The van der Waals surface area contributed by atoms with Crippen LogP contribution in [0.15, 0.2) is 67.3 Å². The van der Waals surface area contributed by atoms with Crippen molar-refractivity contribution in [2.75, 3.05) is 13.1 Å². The van der Waals surface area contributed by atoms with Crippen LogP contribution in [0.25, 0.3) is 16.3 Å².